The second-order valence-electron chi connectivity index (χ2n) is 2.72. The number of ketones is 1. The van der Waals surface area contributed by atoms with Crippen LogP contribution in [0.1, 0.15) is 20.7 Å². The van der Waals surface area contributed by atoms with Crippen molar-refractivity contribution in [3.05, 3.63) is 29.1 Å². The molecule has 0 aliphatic heterocycles. The van der Waals surface area contributed by atoms with E-state index in [4.69, 9.17) is 16.3 Å². The minimum absolute atomic E-state index is 0.0913. The maximum atomic E-state index is 13.6. The van der Waals surface area contributed by atoms with Crippen LogP contribution >= 0.6 is 11.6 Å². The number of aldehydes is 1. The summed E-state index contributed by atoms with van der Waals surface area (Å²) in [5.74, 6) is -1.70. The standard InChI is InChI=1S/C10H8ClFO3/c1-15-9-3-2-6(8(14)4-11)10(12)7(9)5-13/h2-3,5H,4H2,1H3. The van der Waals surface area contributed by atoms with Crippen LogP contribution in [0.25, 0.3) is 0 Å². The van der Waals surface area contributed by atoms with E-state index in [0.717, 1.165) is 0 Å². The van der Waals surface area contributed by atoms with Crippen molar-refractivity contribution >= 4 is 23.7 Å². The zero-order valence-corrected chi connectivity index (χ0v) is 8.68. The minimum Gasteiger partial charge on any atom is -0.496 e. The fourth-order valence-electron chi connectivity index (χ4n) is 1.15. The van der Waals surface area contributed by atoms with Crippen molar-refractivity contribution in [2.24, 2.45) is 0 Å². The molecule has 0 saturated carbocycles. The molecule has 3 nitrogen and oxygen atoms in total. The summed E-state index contributed by atoms with van der Waals surface area (Å²) >= 11 is 5.29. The van der Waals surface area contributed by atoms with Gasteiger partial charge in [0.05, 0.1) is 24.1 Å². The van der Waals surface area contributed by atoms with Gasteiger partial charge in [-0.05, 0) is 12.1 Å². The van der Waals surface area contributed by atoms with E-state index < -0.39 is 11.6 Å². The number of alkyl halides is 1. The van der Waals surface area contributed by atoms with E-state index in [0.29, 0.717) is 6.29 Å². The second-order valence-corrected chi connectivity index (χ2v) is 2.98. The Balaban J connectivity index is 3.35. The lowest BCUT2D eigenvalue weighted by atomic mass is 10.1. The average Bonchev–Trinajstić information content (AvgIpc) is 2.27. The summed E-state index contributed by atoms with van der Waals surface area (Å²) in [7, 11) is 1.31. The Morgan fingerprint density at radius 3 is 2.73 bits per heavy atom. The molecule has 1 aromatic rings. The first-order chi connectivity index (χ1) is 7.15. The molecule has 0 saturated heterocycles. The van der Waals surface area contributed by atoms with E-state index in [2.05, 4.69) is 0 Å². The molecule has 0 bridgehead atoms. The number of carbonyl (C=O) groups is 2. The molecular formula is C10H8ClFO3. The van der Waals surface area contributed by atoms with Crippen molar-refractivity contribution in [2.75, 3.05) is 13.0 Å². The number of methoxy groups -OCH3 is 1. The number of halogens is 2. The molecule has 5 heteroatoms. The van der Waals surface area contributed by atoms with E-state index >= 15 is 0 Å². The van der Waals surface area contributed by atoms with Crippen LogP contribution in [0, 0.1) is 5.82 Å². The van der Waals surface area contributed by atoms with Crippen molar-refractivity contribution < 1.29 is 18.7 Å². The Kier molecular flexibility index (Phi) is 3.80. The van der Waals surface area contributed by atoms with Gasteiger partial charge in [-0.25, -0.2) is 4.39 Å². The Morgan fingerprint density at radius 2 is 2.27 bits per heavy atom. The molecule has 0 unspecified atom stereocenters. The third-order valence-corrected chi connectivity index (χ3v) is 2.14. The molecule has 1 rings (SSSR count). The molecule has 0 heterocycles. The molecule has 0 aromatic heterocycles. The Labute approximate surface area is 90.8 Å². The molecule has 15 heavy (non-hydrogen) atoms. The molecular weight excluding hydrogens is 223 g/mol. The number of hydrogen-bond donors (Lipinski definition) is 0. The summed E-state index contributed by atoms with van der Waals surface area (Å²) in [5, 5.41) is 0. The highest BCUT2D eigenvalue weighted by atomic mass is 35.5. The van der Waals surface area contributed by atoms with Gasteiger partial charge in [-0.2, -0.15) is 0 Å². The second kappa shape index (κ2) is 4.89. The van der Waals surface area contributed by atoms with Crippen molar-refractivity contribution in [1.82, 2.24) is 0 Å². The predicted octanol–water partition coefficient (Wildman–Crippen LogP) is 2.07. The number of ether oxygens (including phenoxy) is 1. The van der Waals surface area contributed by atoms with Crippen LogP contribution in [0.15, 0.2) is 12.1 Å². The van der Waals surface area contributed by atoms with Crippen molar-refractivity contribution in [2.45, 2.75) is 0 Å². The number of benzene rings is 1. The smallest absolute Gasteiger partial charge is 0.180 e. The summed E-state index contributed by atoms with van der Waals surface area (Å²) in [4.78, 5) is 21.8. The number of carbonyl (C=O) groups excluding carboxylic acids is 2. The molecule has 0 atom stereocenters. The average molecular weight is 231 g/mol. The van der Waals surface area contributed by atoms with Crippen LogP contribution in [-0.4, -0.2) is 25.1 Å². The summed E-state index contributed by atoms with van der Waals surface area (Å²) < 4.78 is 18.3. The van der Waals surface area contributed by atoms with Crippen molar-refractivity contribution in [3.8, 4) is 5.75 Å². The maximum absolute atomic E-state index is 13.6. The van der Waals surface area contributed by atoms with Gasteiger partial charge in [0.25, 0.3) is 0 Å². The highest BCUT2D eigenvalue weighted by Crippen LogP contribution is 2.23. The van der Waals surface area contributed by atoms with Crippen molar-refractivity contribution in [1.29, 1.82) is 0 Å². The first-order valence-electron chi connectivity index (χ1n) is 4.06. The Bertz CT molecular complexity index is 404. The number of rotatable bonds is 4. The fourth-order valence-corrected chi connectivity index (χ4v) is 1.29. The highest BCUT2D eigenvalue weighted by molar-refractivity contribution is 6.30. The topological polar surface area (TPSA) is 43.4 Å². The quantitative estimate of drug-likeness (QED) is 0.452. The van der Waals surface area contributed by atoms with Gasteiger partial charge < -0.3 is 4.74 Å². The monoisotopic (exact) mass is 230 g/mol. The molecule has 0 amide bonds. The van der Waals surface area contributed by atoms with Gasteiger partial charge in [-0.15, -0.1) is 11.6 Å². The van der Waals surface area contributed by atoms with E-state index in [1.165, 1.54) is 19.2 Å². The zero-order chi connectivity index (χ0) is 11.4. The van der Waals surface area contributed by atoms with Gasteiger partial charge in [0.2, 0.25) is 0 Å². The van der Waals surface area contributed by atoms with Gasteiger partial charge >= 0.3 is 0 Å². The molecule has 1 aromatic carbocycles. The van der Waals surface area contributed by atoms with E-state index in [1.54, 1.807) is 0 Å². The van der Waals surface area contributed by atoms with E-state index in [1.807, 2.05) is 0 Å². The van der Waals surface area contributed by atoms with Crippen LogP contribution in [-0.2, 0) is 0 Å². The Hall–Kier alpha value is -1.42. The first kappa shape index (κ1) is 11.7. The van der Waals surface area contributed by atoms with Gasteiger partial charge in [0.15, 0.2) is 12.1 Å². The van der Waals surface area contributed by atoms with Crippen LogP contribution in [0.5, 0.6) is 5.75 Å². The van der Waals surface area contributed by atoms with Crippen LogP contribution in [0.2, 0.25) is 0 Å². The van der Waals surface area contributed by atoms with Crippen molar-refractivity contribution in [3.63, 3.8) is 0 Å². The molecule has 0 N–H and O–H groups in total. The number of Topliss-reactive ketones (excluding diaryl/α,β-unsaturated/α-hetero) is 1. The summed E-state index contributed by atoms with van der Waals surface area (Å²) in [6.07, 6.45) is 0.305. The lowest BCUT2D eigenvalue weighted by Crippen LogP contribution is -2.07. The van der Waals surface area contributed by atoms with Gasteiger partial charge in [0, 0.05) is 0 Å². The van der Waals surface area contributed by atoms with Crippen LogP contribution in [0.4, 0.5) is 4.39 Å². The molecule has 0 aliphatic carbocycles. The van der Waals surface area contributed by atoms with Crippen LogP contribution in [0.3, 0.4) is 0 Å². The maximum Gasteiger partial charge on any atom is 0.180 e. The molecule has 0 aliphatic rings. The third kappa shape index (κ3) is 2.15. The summed E-state index contributed by atoms with van der Waals surface area (Å²) in [6.45, 7) is 0. The SMILES string of the molecule is COc1ccc(C(=O)CCl)c(F)c1C=O. The third-order valence-electron chi connectivity index (χ3n) is 1.90. The lowest BCUT2D eigenvalue weighted by Gasteiger charge is -2.07. The minimum atomic E-state index is -0.894. The predicted molar refractivity (Wildman–Crippen MR) is 53.4 cm³/mol. The van der Waals surface area contributed by atoms with E-state index in [9.17, 15) is 14.0 Å². The lowest BCUT2D eigenvalue weighted by molar-refractivity contribution is 0.101. The number of hydrogen-bond acceptors (Lipinski definition) is 3. The molecule has 80 valence electrons. The first-order valence-corrected chi connectivity index (χ1v) is 4.60. The van der Waals surface area contributed by atoms with Gasteiger partial charge in [0.1, 0.15) is 11.6 Å². The molecule has 0 spiro atoms. The van der Waals surface area contributed by atoms with E-state index in [-0.39, 0.29) is 22.8 Å². The zero-order valence-electron chi connectivity index (χ0n) is 7.92. The Morgan fingerprint density at radius 1 is 1.60 bits per heavy atom. The summed E-state index contributed by atoms with van der Waals surface area (Å²) in [5.41, 5.74) is -0.471. The molecule has 0 fully saturated rings. The van der Waals surface area contributed by atoms with Gasteiger partial charge in [-0.3, -0.25) is 9.59 Å². The molecule has 0 radical (unpaired) electrons. The van der Waals surface area contributed by atoms with Crippen LogP contribution < -0.4 is 4.74 Å². The fraction of sp³-hybridized carbons (Fsp3) is 0.200. The summed E-state index contributed by atoms with van der Waals surface area (Å²) in [6, 6.07) is 2.60. The highest BCUT2D eigenvalue weighted by Gasteiger charge is 2.17. The normalized spacial score (nSPS) is 9.80. The largest absolute Gasteiger partial charge is 0.496 e. The van der Waals surface area contributed by atoms with Gasteiger partial charge in [-0.1, -0.05) is 0 Å².